The summed E-state index contributed by atoms with van der Waals surface area (Å²) in [6, 6.07) is 11.3. The molecule has 1 N–H and O–H groups in total. The molecule has 0 radical (unpaired) electrons. The van der Waals surface area contributed by atoms with Gasteiger partial charge in [0.2, 0.25) is 0 Å². The van der Waals surface area contributed by atoms with Crippen LogP contribution < -0.4 is 14.4 Å². The highest BCUT2D eigenvalue weighted by molar-refractivity contribution is 8.16. The number of benzene rings is 2. The Morgan fingerprint density at radius 1 is 1.24 bits per heavy atom. The van der Waals surface area contributed by atoms with Crippen molar-refractivity contribution < 1.29 is 23.3 Å². The first kappa shape index (κ1) is 21.1. The van der Waals surface area contributed by atoms with E-state index in [0.717, 1.165) is 24.0 Å². The predicted octanol–water partition coefficient (Wildman–Crippen LogP) is 3.05. The minimum absolute atomic E-state index is 0.0662. The number of thioether (sulfide) groups is 1. The van der Waals surface area contributed by atoms with Gasteiger partial charge in [0.15, 0.2) is 15.8 Å². The number of fused-ring (bicyclic) bond motifs is 1. The Kier molecular flexibility index (Phi) is 6.39. The van der Waals surface area contributed by atoms with E-state index in [1.165, 1.54) is 6.92 Å². The van der Waals surface area contributed by atoms with Crippen LogP contribution in [-0.4, -0.2) is 42.5 Å². The Bertz CT molecular complexity index is 991. The quantitative estimate of drug-likeness (QED) is 0.407. The van der Waals surface area contributed by atoms with E-state index >= 15 is 0 Å². The van der Waals surface area contributed by atoms with E-state index in [1.54, 1.807) is 42.5 Å². The Morgan fingerprint density at radius 3 is 2.62 bits per heavy atom. The molecule has 0 spiro atoms. The van der Waals surface area contributed by atoms with Crippen molar-refractivity contribution in [3.05, 3.63) is 48.0 Å². The summed E-state index contributed by atoms with van der Waals surface area (Å²) in [4.78, 5) is 37.1. The number of rotatable bonds is 7. The van der Waals surface area contributed by atoms with Gasteiger partial charge in [0.1, 0.15) is 12.4 Å². The zero-order chi connectivity index (χ0) is 21.0. The van der Waals surface area contributed by atoms with Crippen LogP contribution in [0.1, 0.15) is 17.3 Å². The molecular formula is C20H21N2O5S2+. The lowest BCUT2D eigenvalue weighted by atomic mass is 10.1. The van der Waals surface area contributed by atoms with Crippen LogP contribution >= 0.6 is 11.8 Å². The average molecular weight is 434 g/mol. The van der Waals surface area contributed by atoms with Crippen LogP contribution in [0.3, 0.4) is 0 Å². The third-order valence-electron chi connectivity index (χ3n) is 4.40. The van der Waals surface area contributed by atoms with Crippen molar-refractivity contribution in [3.63, 3.8) is 0 Å². The van der Waals surface area contributed by atoms with Gasteiger partial charge in [-0.15, -0.1) is 0 Å². The Morgan fingerprint density at radius 2 is 1.97 bits per heavy atom. The van der Waals surface area contributed by atoms with E-state index in [2.05, 4.69) is 4.72 Å². The zero-order valence-electron chi connectivity index (χ0n) is 16.0. The molecule has 0 saturated heterocycles. The molecule has 152 valence electrons. The molecule has 0 saturated carbocycles. The van der Waals surface area contributed by atoms with E-state index in [-0.39, 0.29) is 16.7 Å². The van der Waals surface area contributed by atoms with Gasteiger partial charge in [0, 0.05) is 25.6 Å². The first-order valence-electron chi connectivity index (χ1n) is 8.84. The molecular weight excluding hydrogens is 412 g/mol. The van der Waals surface area contributed by atoms with E-state index in [0.29, 0.717) is 34.1 Å². The smallest absolute Gasteiger partial charge is 0.352 e. The molecule has 9 heteroatoms. The number of likely N-dealkylation sites (N-methyl/N-ethyl adjacent to an activating group) is 1. The average Bonchev–Trinajstić information content (AvgIpc) is 2.72. The van der Waals surface area contributed by atoms with Gasteiger partial charge in [0.25, 0.3) is 10.1 Å². The van der Waals surface area contributed by atoms with Crippen molar-refractivity contribution in [2.45, 2.75) is 11.8 Å². The van der Waals surface area contributed by atoms with Gasteiger partial charge < -0.3 is 9.64 Å². The van der Waals surface area contributed by atoms with Crippen molar-refractivity contribution in [3.8, 4) is 5.75 Å². The third kappa shape index (κ3) is 4.86. The van der Waals surface area contributed by atoms with Crippen molar-refractivity contribution >= 4 is 49.8 Å². The van der Waals surface area contributed by atoms with Gasteiger partial charge in [-0.05, 0) is 36.4 Å². The minimum Gasteiger partial charge on any atom is -0.489 e. The van der Waals surface area contributed by atoms with Crippen molar-refractivity contribution in [1.82, 2.24) is 0 Å². The number of nitrogens with one attached hydrogen (secondary N) is 1. The lowest BCUT2D eigenvalue weighted by Crippen LogP contribution is -2.29. The summed E-state index contributed by atoms with van der Waals surface area (Å²) in [5.41, 5.74) is 2.14. The highest BCUT2D eigenvalue weighted by atomic mass is 32.3. The van der Waals surface area contributed by atoms with Crippen LogP contribution in [0, 0.1) is 0 Å². The van der Waals surface area contributed by atoms with Crippen LogP contribution in [0.15, 0.2) is 47.4 Å². The number of ether oxygens (including phenoxy) is 1. The van der Waals surface area contributed by atoms with Crippen molar-refractivity contribution in [2.24, 2.45) is 0 Å². The fraction of sp³-hybridized carbons (Fsp3) is 0.250. The molecule has 0 bridgehead atoms. The largest absolute Gasteiger partial charge is 0.489 e. The maximum absolute atomic E-state index is 13.2. The SMILES string of the molecule is CC(=O)SCC(=O)c1ccc(N[S+](=O)(C=O)c2ccc3c(c2)OCCN3C)cc1. The molecule has 0 fully saturated rings. The molecule has 3 rings (SSSR count). The van der Waals surface area contributed by atoms with E-state index in [9.17, 15) is 18.6 Å². The summed E-state index contributed by atoms with van der Waals surface area (Å²) in [5, 5.41) is -0.123. The van der Waals surface area contributed by atoms with E-state index in [4.69, 9.17) is 4.74 Å². The van der Waals surface area contributed by atoms with Crippen LogP contribution in [0.2, 0.25) is 0 Å². The fourth-order valence-electron chi connectivity index (χ4n) is 2.82. The first-order valence-corrected chi connectivity index (χ1v) is 11.4. The van der Waals surface area contributed by atoms with Crippen molar-refractivity contribution in [1.29, 1.82) is 0 Å². The summed E-state index contributed by atoms with van der Waals surface area (Å²) in [5.74, 6) is 0.469. The summed E-state index contributed by atoms with van der Waals surface area (Å²) in [7, 11) is -1.29. The number of hydrogen-bond acceptors (Lipinski definition) is 7. The lowest BCUT2D eigenvalue weighted by molar-refractivity contribution is -0.109. The van der Waals surface area contributed by atoms with Crippen LogP contribution in [0.4, 0.5) is 11.4 Å². The number of ketones is 1. The van der Waals surface area contributed by atoms with Gasteiger partial charge in [0.05, 0.1) is 23.7 Å². The standard InChI is InChI=1S/C20H20N2O5S2/c1-14(24)28-12-19(25)15-3-5-16(6-4-15)21-29(26,13-23)17-7-8-18-20(11-17)27-10-9-22(18)2/h3-8,11,13H,9-10,12H2,1-2H3/p+1. The number of nitrogens with zero attached hydrogens (tertiary/aromatic N) is 1. The summed E-state index contributed by atoms with van der Waals surface area (Å²) in [6.07, 6.45) is 0. The topological polar surface area (TPSA) is 92.8 Å². The second-order valence-corrected chi connectivity index (χ2v) is 9.70. The molecule has 2 aromatic carbocycles. The molecule has 0 amide bonds. The monoisotopic (exact) mass is 433 g/mol. The molecule has 29 heavy (non-hydrogen) atoms. The lowest BCUT2D eigenvalue weighted by Gasteiger charge is -2.27. The fourth-order valence-corrected chi connectivity index (χ4v) is 4.63. The maximum Gasteiger partial charge on any atom is 0.352 e. The molecule has 7 nitrogen and oxygen atoms in total. The van der Waals surface area contributed by atoms with Gasteiger partial charge in [-0.25, -0.2) is 4.79 Å². The molecule has 0 aromatic heterocycles. The molecule has 1 aliphatic heterocycles. The normalized spacial score (nSPS) is 14.9. The Labute approximate surface area is 174 Å². The van der Waals surface area contributed by atoms with E-state index < -0.39 is 10.1 Å². The second-order valence-electron chi connectivity index (χ2n) is 6.48. The summed E-state index contributed by atoms with van der Waals surface area (Å²) < 4.78 is 21.6. The highest BCUT2D eigenvalue weighted by Crippen LogP contribution is 2.34. The Balaban J connectivity index is 1.78. The number of Topliss-reactive ketones (excluding diaryl/α,β-unsaturated/α-hetero) is 1. The van der Waals surface area contributed by atoms with Crippen molar-refractivity contribution in [2.75, 3.05) is 35.6 Å². The molecule has 1 aliphatic rings. The third-order valence-corrected chi connectivity index (χ3v) is 6.97. The number of carbonyl (C=O) groups is 3. The predicted molar refractivity (Wildman–Crippen MR) is 116 cm³/mol. The van der Waals surface area contributed by atoms with Gasteiger partial charge in [-0.3, -0.25) is 9.59 Å². The van der Waals surface area contributed by atoms with Gasteiger partial charge in [-0.2, -0.15) is 4.72 Å². The first-order chi connectivity index (χ1) is 13.8. The summed E-state index contributed by atoms with van der Waals surface area (Å²) in [6.45, 7) is 2.68. The van der Waals surface area contributed by atoms with Crippen LogP contribution in [-0.2, 0) is 23.9 Å². The Hall–Kier alpha value is -2.65. The molecule has 1 heterocycles. The molecule has 1 unspecified atom stereocenters. The zero-order valence-corrected chi connectivity index (χ0v) is 17.7. The van der Waals surface area contributed by atoms with Gasteiger partial charge in [-0.1, -0.05) is 16.0 Å². The van der Waals surface area contributed by atoms with Crippen LogP contribution in [0.5, 0.6) is 5.75 Å². The maximum atomic E-state index is 13.2. The highest BCUT2D eigenvalue weighted by Gasteiger charge is 2.34. The van der Waals surface area contributed by atoms with E-state index in [1.807, 2.05) is 11.9 Å². The summed E-state index contributed by atoms with van der Waals surface area (Å²) >= 11 is 0.949. The van der Waals surface area contributed by atoms with Crippen LogP contribution in [0.25, 0.3) is 0 Å². The molecule has 2 aromatic rings. The van der Waals surface area contributed by atoms with Gasteiger partial charge >= 0.3 is 5.62 Å². The molecule has 1 atom stereocenters. The number of anilines is 2. The number of hydrogen-bond donors (Lipinski definition) is 1. The molecule has 0 aliphatic carbocycles. The number of carbonyl (C=O) groups excluding carboxylic acids is 3. The second kappa shape index (κ2) is 8.79. The minimum atomic E-state index is -3.23.